The number of hydrogen-bond acceptors (Lipinski definition) is 4. The third-order valence-corrected chi connectivity index (χ3v) is 2.62. The third kappa shape index (κ3) is 2.66. The van der Waals surface area contributed by atoms with Gasteiger partial charge in [0.2, 0.25) is 5.88 Å². The molecule has 1 aromatic heterocycles. The number of aromatic nitrogens is 1. The number of alkyl halides is 3. The van der Waals surface area contributed by atoms with Crippen LogP contribution in [0.4, 0.5) is 13.2 Å². The van der Waals surface area contributed by atoms with Gasteiger partial charge < -0.3 is 9.84 Å². The highest BCUT2D eigenvalue weighted by Crippen LogP contribution is 2.32. The molecule has 1 aromatic carbocycles. The molecule has 2 rings (SSSR count). The van der Waals surface area contributed by atoms with Crippen molar-refractivity contribution in [3.05, 3.63) is 35.4 Å². The number of carbonyl (C=O) groups excluding carboxylic acids is 1. The van der Waals surface area contributed by atoms with Crippen molar-refractivity contribution in [2.45, 2.75) is 13.1 Å². The zero-order valence-electron chi connectivity index (χ0n) is 10.4. The predicted molar refractivity (Wildman–Crippen MR) is 64.4 cm³/mol. The second kappa shape index (κ2) is 4.99. The van der Waals surface area contributed by atoms with E-state index in [9.17, 15) is 23.1 Å². The van der Waals surface area contributed by atoms with Crippen molar-refractivity contribution in [3.8, 4) is 5.88 Å². The summed E-state index contributed by atoms with van der Waals surface area (Å²) in [6, 6.07) is 4.13. The first-order valence-electron chi connectivity index (χ1n) is 5.71. The molecule has 0 aliphatic carbocycles. The molecule has 106 valence electrons. The van der Waals surface area contributed by atoms with Gasteiger partial charge in [-0.2, -0.15) is 13.2 Å². The minimum Gasteiger partial charge on any atom is -0.493 e. The largest absolute Gasteiger partial charge is 0.493 e. The number of hydrogen-bond donors (Lipinski definition) is 1. The van der Waals surface area contributed by atoms with Crippen molar-refractivity contribution in [2.24, 2.45) is 0 Å². The van der Waals surface area contributed by atoms with E-state index < -0.39 is 23.6 Å². The molecule has 0 unspecified atom stereocenters. The van der Waals surface area contributed by atoms with Gasteiger partial charge in [-0.15, -0.1) is 0 Å². The number of carbonyl (C=O) groups is 1. The van der Waals surface area contributed by atoms with Gasteiger partial charge in [-0.05, 0) is 25.1 Å². The molecule has 4 nitrogen and oxygen atoms in total. The Morgan fingerprint density at radius 3 is 2.65 bits per heavy atom. The molecule has 0 amide bonds. The Balaban J connectivity index is 2.54. The van der Waals surface area contributed by atoms with Gasteiger partial charge in [-0.1, -0.05) is 6.07 Å². The molecule has 0 saturated heterocycles. The topological polar surface area (TPSA) is 59.4 Å². The van der Waals surface area contributed by atoms with Crippen molar-refractivity contribution in [2.75, 3.05) is 6.61 Å². The van der Waals surface area contributed by atoms with Crippen molar-refractivity contribution in [1.82, 2.24) is 4.98 Å². The van der Waals surface area contributed by atoms with Crippen LogP contribution >= 0.6 is 0 Å². The Morgan fingerprint density at radius 2 is 2.05 bits per heavy atom. The van der Waals surface area contributed by atoms with Crippen molar-refractivity contribution in [1.29, 1.82) is 0 Å². The standard InChI is InChI=1S/C13H10F3NO3/c1-2-20-12(19)9-5-7-3-4-8(13(14,15)16)6-10(7)17-11(9)18/h3-6H,2H2,1H3,(H,17,18). The minimum absolute atomic E-state index is 0.0506. The molecule has 0 atom stereocenters. The van der Waals surface area contributed by atoms with E-state index in [1.165, 1.54) is 12.1 Å². The maximum Gasteiger partial charge on any atom is 0.416 e. The molecule has 0 bridgehead atoms. The number of pyridine rings is 1. The third-order valence-electron chi connectivity index (χ3n) is 2.62. The van der Waals surface area contributed by atoms with Crippen LogP contribution in [0.5, 0.6) is 5.88 Å². The van der Waals surface area contributed by atoms with Gasteiger partial charge in [0.05, 0.1) is 17.7 Å². The average Bonchev–Trinajstić information content (AvgIpc) is 2.36. The van der Waals surface area contributed by atoms with Crippen LogP contribution in [0.15, 0.2) is 24.3 Å². The molecular weight excluding hydrogens is 275 g/mol. The van der Waals surface area contributed by atoms with Crippen LogP contribution in [-0.2, 0) is 10.9 Å². The molecule has 0 saturated carbocycles. The van der Waals surface area contributed by atoms with E-state index in [4.69, 9.17) is 4.74 Å². The van der Waals surface area contributed by atoms with Crippen LogP contribution < -0.4 is 0 Å². The summed E-state index contributed by atoms with van der Waals surface area (Å²) in [5.74, 6) is -1.44. The average molecular weight is 285 g/mol. The highest BCUT2D eigenvalue weighted by atomic mass is 19.4. The maximum atomic E-state index is 12.6. The summed E-state index contributed by atoms with van der Waals surface area (Å²) in [5, 5.41) is 9.91. The van der Waals surface area contributed by atoms with Crippen molar-refractivity contribution >= 4 is 16.9 Å². The molecule has 2 aromatic rings. The number of fused-ring (bicyclic) bond motifs is 1. The Labute approximate surface area is 111 Å². The van der Waals surface area contributed by atoms with Gasteiger partial charge >= 0.3 is 12.1 Å². The van der Waals surface area contributed by atoms with Crippen molar-refractivity contribution in [3.63, 3.8) is 0 Å². The number of benzene rings is 1. The van der Waals surface area contributed by atoms with Crippen LogP contribution in [-0.4, -0.2) is 22.7 Å². The fraction of sp³-hybridized carbons (Fsp3) is 0.231. The van der Waals surface area contributed by atoms with Gasteiger partial charge in [0.1, 0.15) is 5.56 Å². The van der Waals surface area contributed by atoms with E-state index >= 15 is 0 Å². The number of nitrogens with zero attached hydrogens (tertiary/aromatic N) is 1. The number of rotatable bonds is 2. The summed E-state index contributed by atoms with van der Waals surface area (Å²) in [4.78, 5) is 15.1. The monoisotopic (exact) mass is 285 g/mol. The maximum absolute atomic E-state index is 12.6. The molecular formula is C13H10F3NO3. The van der Waals surface area contributed by atoms with Gasteiger partial charge in [-0.3, -0.25) is 0 Å². The summed E-state index contributed by atoms with van der Waals surface area (Å²) in [6.45, 7) is 1.71. The van der Waals surface area contributed by atoms with Crippen LogP contribution in [0.25, 0.3) is 10.9 Å². The normalized spacial score (nSPS) is 11.6. The Kier molecular flexibility index (Phi) is 3.52. The first-order valence-corrected chi connectivity index (χ1v) is 5.71. The van der Waals surface area contributed by atoms with E-state index in [1.807, 2.05) is 0 Å². The summed E-state index contributed by atoms with van der Waals surface area (Å²) in [5.41, 5.74) is -1.11. The fourth-order valence-corrected chi connectivity index (χ4v) is 1.69. The SMILES string of the molecule is CCOC(=O)c1cc2ccc(C(F)(F)F)cc2nc1O. The van der Waals surface area contributed by atoms with Crippen LogP contribution in [0.2, 0.25) is 0 Å². The number of halogens is 3. The Hall–Kier alpha value is -2.31. The van der Waals surface area contributed by atoms with Crippen LogP contribution in [0, 0.1) is 0 Å². The zero-order chi connectivity index (χ0) is 14.9. The number of aromatic hydroxyl groups is 1. The fourth-order valence-electron chi connectivity index (χ4n) is 1.69. The quantitative estimate of drug-likeness (QED) is 0.861. The zero-order valence-corrected chi connectivity index (χ0v) is 10.4. The molecule has 0 aliphatic rings. The molecule has 1 heterocycles. The second-order valence-corrected chi connectivity index (χ2v) is 3.99. The van der Waals surface area contributed by atoms with Crippen LogP contribution in [0.1, 0.15) is 22.8 Å². The first-order chi connectivity index (χ1) is 9.32. The van der Waals surface area contributed by atoms with E-state index in [0.29, 0.717) is 5.39 Å². The van der Waals surface area contributed by atoms with E-state index in [2.05, 4.69) is 4.98 Å². The molecule has 0 spiro atoms. The van der Waals surface area contributed by atoms with Crippen LogP contribution in [0.3, 0.4) is 0 Å². The summed E-state index contributed by atoms with van der Waals surface area (Å²) in [6.07, 6.45) is -4.49. The molecule has 7 heteroatoms. The molecule has 20 heavy (non-hydrogen) atoms. The highest BCUT2D eigenvalue weighted by Gasteiger charge is 2.30. The predicted octanol–water partition coefficient (Wildman–Crippen LogP) is 3.14. The lowest BCUT2D eigenvalue weighted by molar-refractivity contribution is -0.137. The minimum atomic E-state index is -4.49. The molecule has 1 N–H and O–H groups in total. The van der Waals surface area contributed by atoms with E-state index in [-0.39, 0.29) is 17.7 Å². The molecule has 0 fully saturated rings. The number of esters is 1. The lowest BCUT2D eigenvalue weighted by Crippen LogP contribution is -2.07. The lowest BCUT2D eigenvalue weighted by Gasteiger charge is -2.09. The summed E-state index contributed by atoms with van der Waals surface area (Å²) < 4.78 is 42.4. The van der Waals surface area contributed by atoms with Crippen molar-refractivity contribution < 1.29 is 27.8 Å². The molecule has 0 aliphatic heterocycles. The molecule has 0 radical (unpaired) electrons. The van der Waals surface area contributed by atoms with Gasteiger partial charge in [0, 0.05) is 5.39 Å². The number of ether oxygens (including phenoxy) is 1. The highest BCUT2D eigenvalue weighted by molar-refractivity contribution is 5.96. The van der Waals surface area contributed by atoms with Gasteiger partial charge in [-0.25, -0.2) is 9.78 Å². The van der Waals surface area contributed by atoms with Gasteiger partial charge in [0.15, 0.2) is 0 Å². The first kappa shape index (κ1) is 14.1. The van der Waals surface area contributed by atoms with E-state index in [1.54, 1.807) is 6.92 Å². The van der Waals surface area contributed by atoms with E-state index in [0.717, 1.165) is 12.1 Å². The lowest BCUT2D eigenvalue weighted by atomic mass is 10.1. The Morgan fingerprint density at radius 1 is 1.35 bits per heavy atom. The summed E-state index contributed by atoms with van der Waals surface area (Å²) >= 11 is 0. The smallest absolute Gasteiger partial charge is 0.416 e. The van der Waals surface area contributed by atoms with Gasteiger partial charge in [0.25, 0.3) is 0 Å². The Bertz CT molecular complexity index is 668. The summed E-state index contributed by atoms with van der Waals surface area (Å²) in [7, 11) is 0. The second-order valence-electron chi connectivity index (χ2n) is 3.99.